The first-order chi connectivity index (χ1) is 5.40. The van der Waals surface area contributed by atoms with Crippen LogP contribution in [0, 0.1) is 0 Å². The maximum atomic E-state index is 11.0. The Morgan fingerprint density at radius 3 is 2.50 bits per heavy atom. The lowest BCUT2D eigenvalue weighted by Crippen LogP contribution is -2.33. The zero-order chi connectivity index (χ0) is 9.78. The Morgan fingerprint density at radius 1 is 1.67 bits per heavy atom. The zero-order valence-electron chi connectivity index (χ0n) is 6.86. The van der Waals surface area contributed by atoms with E-state index < -0.39 is 25.4 Å². The normalized spacial score (nSPS) is 16.8. The summed E-state index contributed by atoms with van der Waals surface area (Å²) in [6, 6.07) is 0. The first kappa shape index (κ1) is 11.5. The predicted octanol–water partition coefficient (Wildman–Crippen LogP) is 0.303. The van der Waals surface area contributed by atoms with Crippen molar-refractivity contribution in [3.8, 4) is 0 Å². The number of hydrogen-bond acceptors (Lipinski definition) is 4. The van der Waals surface area contributed by atoms with E-state index in [9.17, 15) is 9.36 Å². The standard InChI is InChI=1S/C6H12NO4P/c1-6(7,12(11)4-8)3-2-5(9)10/h8H,2-4,7H2,1H3/p+1. The van der Waals surface area contributed by atoms with Crippen molar-refractivity contribution in [3.63, 3.8) is 0 Å². The van der Waals surface area contributed by atoms with Gasteiger partial charge in [0.05, 0.1) is 6.42 Å². The van der Waals surface area contributed by atoms with E-state index in [0.717, 1.165) is 0 Å². The van der Waals surface area contributed by atoms with Crippen LogP contribution in [0.3, 0.4) is 0 Å². The average Bonchev–Trinajstić information content (AvgIpc) is 1.99. The largest absolute Gasteiger partial charge is 0.481 e. The van der Waals surface area contributed by atoms with E-state index in [1.165, 1.54) is 6.92 Å². The van der Waals surface area contributed by atoms with Gasteiger partial charge in [-0.15, -0.1) is 0 Å². The molecule has 12 heavy (non-hydrogen) atoms. The Bertz CT molecular complexity index is 192. The van der Waals surface area contributed by atoms with E-state index in [1.807, 2.05) is 0 Å². The summed E-state index contributed by atoms with van der Waals surface area (Å²) in [6.07, 6.45) is -0.520. The van der Waals surface area contributed by atoms with Crippen molar-refractivity contribution in [3.05, 3.63) is 0 Å². The van der Waals surface area contributed by atoms with Gasteiger partial charge < -0.3 is 10.2 Å². The van der Waals surface area contributed by atoms with Crippen LogP contribution in [-0.4, -0.2) is 27.8 Å². The summed E-state index contributed by atoms with van der Waals surface area (Å²) >= 11 is 0. The average molecular weight is 194 g/mol. The summed E-state index contributed by atoms with van der Waals surface area (Å²) in [7, 11) is -1.93. The Balaban J connectivity index is 4.03. The topological polar surface area (TPSA) is 101 Å². The number of aliphatic hydroxyl groups is 1. The predicted molar refractivity (Wildman–Crippen MR) is 44.2 cm³/mol. The van der Waals surface area contributed by atoms with E-state index in [4.69, 9.17) is 15.9 Å². The van der Waals surface area contributed by atoms with Gasteiger partial charge in [0.2, 0.25) is 11.6 Å². The molecule has 0 amide bonds. The lowest BCUT2D eigenvalue weighted by molar-refractivity contribution is -0.137. The van der Waals surface area contributed by atoms with Gasteiger partial charge >= 0.3 is 13.8 Å². The fraction of sp³-hybridized carbons (Fsp3) is 0.833. The number of carboxylic acid groups (broad SMARTS) is 1. The van der Waals surface area contributed by atoms with Crippen LogP contribution in [0.5, 0.6) is 0 Å². The second-order valence-electron chi connectivity index (χ2n) is 2.77. The zero-order valence-corrected chi connectivity index (χ0v) is 7.75. The molecular weight excluding hydrogens is 181 g/mol. The fourth-order valence-corrected chi connectivity index (χ4v) is 1.33. The van der Waals surface area contributed by atoms with Crippen molar-refractivity contribution < 1.29 is 19.6 Å². The second kappa shape index (κ2) is 4.50. The molecule has 0 aliphatic heterocycles. The lowest BCUT2D eigenvalue weighted by Gasteiger charge is -2.10. The minimum absolute atomic E-state index is 0.109. The van der Waals surface area contributed by atoms with Crippen LogP contribution in [0.25, 0.3) is 0 Å². The molecule has 4 N–H and O–H groups in total. The van der Waals surface area contributed by atoms with E-state index >= 15 is 0 Å². The van der Waals surface area contributed by atoms with E-state index in [2.05, 4.69) is 0 Å². The molecule has 0 aromatic rings. The first-order valence-electron chi connectivity index (χ1n) is 3.46. The van der Waals surface area contributed by atoms with Crippen molar-refractivity contribution in [1.82, 2.24) is 0 Å². The van der Waals surface area contributed by atoms with Gasteiger partial charge in [-0.3, -0.25) is 10.5 Å². The quantitative estimate of drug-likeness (QED) is 0.546. The highest BCUT2D eigenvalue weighted by Gasteiger charge is 2.39. The molecule has 5 nitrogen and oxygen atoms in total. The van der Waals surface area contributed by atoms with E-state index in [1.54, 1.807) is 0 Å². The lowest BCUT2D eigenvalue weighted by atomic mass is 10.2. The monoisotopic (exact) mass is 194 g/mol. The molecule has 0 rings (SSSR count). The third kappa shape index (κ3) is 3.76. The van der Waals surface area contributed by atoms with E-state index in [-0.39, 0.29) is 12.8 Å². The molecule has 0 aliphatic carbocycles. The van der Waals surface area contributed by atoms with Gasteiger partial charge in [0.1, 0.15) is 0 Å². The molecule has 0 saturated heterocycles. The molecule has 70 valence electrons. The number of aliphatic carboxylic acids is 1. The molecule has 0 bridgehead atoms. The first-order valence-corrected chi connectivity index (χ1v) is 4.91. The number of carbonyl (C=O) groups is 1. The van der Waals surface area contributed by atoms with Crippen LogP contribution in [0.1, 0.15) is 19.8 Å². The van der Waals surface area contributed by atoms with Gasteiger partial charge in [0.15, 0.2) is 0 Å². The minimum Gasteiger partial charge on any atom is -0.481 e. The minimum atomic E-state index is -1.93. The molecular formula is C6H13NO4P+. The summed E-state index contributed by atoms with van der Waals surface area (Å²) in [5, 5.41) is 15.8. The highest BCUT2D eigenvalue weighted by Crippen LogP contribution is 2.36. The van der Waals surface area contributed by atoms with Crippen LogP contribution in [0.2, 0.25) is 0 Å². The molecule has 0 fully saturated rings. The van der Waals surface area contributed by atoms with Crippen LogP contribution in [-0.2, 0) is 9.36 Å². The van der Waals surface area contributed by atoms with Gasteiger partial charge in [-0.25, -0.2) is 0 Å². The molecule has 0 heterocycles. The molecule has 0 spiro atoms. The van der Waals surface area contributed by atoms with Crippen LogP contribution in [0.4, 0.5) is 0 Å². The second-order valence-corrected chi connectivity index (χ2v) is 4.83. The van der Waals surface area contributed by atoms with Crippen LogP contribution in [0.15, 0.2) is 0 Å². The van der Waals surface area contributed by atoms with Gasteiger partial charge in [0.25, 0.3) is 0 Å². The molecule has 2 unspecified atom stereocenters. The van der Waals surface area contributed by atoms with Crippen molar-refractivity contribution in [2.24, 2.45) is 5.73 Å². The molecule has 0 aromatic heterocycles. The van der Waals surface area contributed by atoms with Crippen molar-refractivity contribution in [2.75, 3.05) is 6.35 Å². The maximum absolute atomic E-state index is 11.0. The highest BCUT2D eigenvalue weighted by molar-refractivity contribution is 7.46. The Hall–Kier alpha value is -0.510. The highest BCUT2D eigenvalue weighted by atomic mass is 31.1. The van der Waals surface area contributed by atoms with Crippen molar-refractivity contribution in [1.29, 1.82) is 0 Å². The Morgan fingerprint density at radius 2 is 2.17 bits per heavy atom. The number of aliphatic hydroxyl groups excluding tert-OH is 1. The number of carboxylic acids is 1. The van der Waals surface area contributed by atoms with Crippen LogP contribution >= 0.6 is 7.80 Å². The van der Waals surface area contributed by atoms with Gasteiger partial charge in [-0.2, -0.15) is 0 Å². The summed E-state index contributed by atoms with van der Waals surface area (Å²) in [5.41, 5.74) is 5.51. The van der Waals surface area contributed by atoms with E-state index in [0.29, 0.717) is 0 Å². The smallest absolute Gasteiger partial charge is 0.388 e. The summed E-state index contributed by atoms with van der Waals surface area (Å²) in [5.74, 6) is -0.979. The molecule has 0 aliphatic rings. The SMILES string of the molecule is CC(N)(CCC(=O)O)[P+](=O)CO. The molecule has 0 radical (unpaired) electrons. The summed E-state index contributed by atoms with van der Waals surface area (Å²) in [4.78, 5) is 10.1. The van der Waals surface area contributed by atoms with Gasteiger partial charge in [0, 0.05) is 6.42 Å². The maximum Gasteiger partial charge on any atom is 0.388 e. The van der Waals surface area contributed by atoms with Crippen LogP contribution < -0.4 is 5.73 Å². The number of rotatable bonds is 5. The molecule has 0 saturated carbocycles. The van der Waals surface area contributed by atoms with Crippen molar-refractivity contribution in [2.45, 2.75) is 25.0 Å². The molecule has 2 atom stereocenters. The van der Waals surface area contributed by atoms with Gasteiger partial charge in [-0.1, -0.05) is 4.57 Å². The Labute approximate surface area is 71.4 Å². The molecule has 0 aromatic carbocycles. The summed E-state index contributed by atoms with van der Waals surface area (Å²) in [6.45, 7) is 1.48. The third-order valence-corrected chi connectivity index (χ3v) is 3.16. The van der Waals surface area contributed by atoms with Crippen molar-refractivity contribution >= 4 is 13.8 Å². The number of hydrogen-bond donors (Lipinski definition) is 3. The Kier molecular flexibility index (Phi) is 4.31. The van der Waals surface area contributed by atoms with Gasteiger partial charge in [-0.05, 0) is 6.92 Å². The fourth-order valence-electron chi connectivity index (χ4n) is 0.646. The summed E-state index contributed by atoms with van der Waals surface area (Å²) < 4.78 is 11.0. The number of nitrogens with two attached hydrogens (primary N) is 1. The molecule has 6 heteroatoms. The third-order valence-electron chi connectivity index (χ3n) is 1.54.